The van der Waals surface area contributed by atoms with E-state index in [1.807, 2.05) is 6.92 Å². The third-order valence-corrected chi connectivity index (χ3v) is 5.52. The SMILES string of the molecule is Cc1ccc(C(CN)N(C)CC2(N(C)C)CCC2)cc1Cl. The molecule has 0 heterocycles. The van der Waals surface area contributed by atoms with Gasteiger partial charge >= 0.3 is 0 Å². The summed E-state index contributed by atoms with van der Waals surface area (Å²) in [5.41, 5.74) is 8.69. The van der Waals surface area contributed by atoms with Gasteiger partial charge in [-0.25, -0.2) is 0 Å². The average Bonchev–Trinajstić information content (AvgIpc) is 2.38. The van der Waals surface area contributed by atoms with Crippen molar-refractivity contribution in [1.29, 1.82) is 0 Å². The van der Waals surface area contributed by atoms with Crippen LogP contribution < -0.4 is 5.73 Å². The van der Waals surface area contributed by atoms with Crippen LogP contribution in [0, 0.1) is 6.92 Å². The van der Waals surface area contributed by atoms with E-state index in [0.717, 1.165) is 17.1 Å². The number of benzene rings is 1. The quantitative estimate of drug-likeness (QED) is 0.876. The Morgan fingerprint density at radius 1 is 1.29 bits per heavy atom. The van der Waals surface area contributed by atoms with Crippen LogP contribution in [0.5, 0.6) is 0 Å². The number of nitrogens with zero attached hydrogens (tertiary/aromatic N) is 2. The normalized spacial score (nSPS) is 18.9. The fourth-order valence-corrected chi connectivity index (χ4v) is 3.48. The topological polar surface area (TPSA) is 32.5 Å². The van der Waals surface area contributed by atoms with Crippen LogP contribution in [0.1, 0.15) is 36.4 Å². The molecule has 0 saturated heterocycles. The minimum absolute atomic E-state index is 0.223. The van der Waals surface area contributed by atoms with Crippen LogP contribution in [0.15, 0.2) is 18.2 Å². The van der Waals surface area contributed by atoms with Crippen LogP contribution in [-0.2, 0) is 0 Å². The lowest BCUT2D eigenvalue weighted by Crippen LogP contribution is -2.57. The highest BCUT2D eigenvalue weighted by Gasteiger charge is 2.40. The molecule has 1 aliphatic carbocycles. The van der Waals surface area contributed by atoms with E-state index in [9.17, 15) is 0 Å². The Morgan fingerprint density at radius 3 is 2.38 bits per heavy atom. The molecule has 0 aliphatic heterocycles. The van der Waals surface area contributed by atoms with Crippen molar-refractivity contribution in [3.63, 3.8) is 0 Å². The zero-order valence-electron chi connectivity index (χ0n) is 13.7. The van der Waals surface area contributed by atoms with Crippen molar-refractivity contribution < 1.29 is 0 Å². The predicted molar refractivity (Wildman–Crippen MR) is 90.9 cm³/mol. The molecule has 4 heteroatoms. The van der Waals surface area contributed by atoms with Gasteiger partial charge in [-0.2, -0.15) is 0 Å². The molecule has 1 saturated carbocycles. The summed E-state index contributed by atoms with van der Waals surface area (Å²) in [6.45, 7) is 3.69. The molecule has 0 amide bonds. The number of aryl methyl sites for hydroxylation is 1. The third-order valence-electron chi connectivity index (χ3n) is 5.11. The Kier molecular flexibility index (Phi) is 5.31. The largest absolute Gasteiger partial charge is 0.329 e. The lowest BCUT2D eigenvalue weighted by molar-refractivity contribution is 0.0168. The molecule has 1 aromatic rings. The fourth-order valence-electron chi connectivity index (χ4n) is 3.29. The van der Waals surface area contributed by atoms with Gasteiger partial charge in [-0.3, -0.25) is 4.90 Å². The maximum atomic E-state index is 6.27. The minimum atomic E-state index is 0.223. The molecule has 1 unspecified atom stereocenters. The molecule has 1 atom stereocenters. The van der Waals surface area contributed by atoms with Crippen molar-refractivity contribution in [2.75, 3.05) is 34.2 Å². The van der Waals surface area contributed by atoms with Gasteiger partial charge in [-0.05, 0) is 64.5 Å². The highest BCUT2D eigenvalue weighted by Crippen LogP contribution is 2.38. The van der Waals surface area contributed by atoms with Crippen LogP contribution in [-0.4, -0.2) is 49.6 Å². The van der Waals surface area contributed by atoms with Crippen molar-refractivity contribution >= 4 is 11.6 Å². The van der Waals surface area contributed by atoms with Gasteiger partial charge in [0.2, 0.25) is 0 Å². The second-order valence-electron chi connectivity index (χ2n) is 6.65. The van der Waals surface area contributed by atoms with Crippen LogP contribution in [0.2, 0.25) is 5.02 Å². The standard InChI is InChI=1S/C17H28ClN3/c1-13-6-7-14(10-15(13)18)16(11-19)21(4)12-17(20(2)3)8-5-9-17/h6-7,10,16H,5,8-9,11-12,19H2,1-4H3. The number of hydrogen-bond donors (Lipinski definition) is 1. The second kappa shape index (κ2) is 6.66. The van der Waals surface area contributed by atoms with Gasteiger partial charge in [0.25, 0.3) is 0 Å². The molecule has 0 aromatic heterocycles. The lowest BCUT2D eigenvalue weighted by Gasteiger charge is -2.50. The van der Waals surface area contributed by atoms with E-state index in [1.54, 1.807) is 0 Å². The highest BCUT2D eigenvalue weighted by atomic mass is 35.5. The molecule has 0 radical (unpaired) electrons. The van der Waals surface area contributed by atoms with E-state index >= 15 is 0 Å². The first-order valence-electron chi connectivity index (χ1n) is 7.73. The van der Waals surface area contributed by atoms with E-state index < -0.39 is 0 Å². The highest BCUT2D eigenvalue weighted by molar-refractivity contribution is 6.31. The van der Waals surface area contributed by atoms with Gasteiger partial charge in [0, 0.05) is 29.7 Å². The molecule has 1 fully saturated rings. The van der Waals surface area contributed by atoms with Gasteiger partial charge in [0.15, 0.2) is 0 Å². The summed E-state index contributed by atoms with van der Waals surface area (Å²) >= 11 is 6.27. The average molecular weight is 310 g/mol. The number of halogens is 1. The smallest absolute Gasteiger partial charge is 0.0468 e. The Labute approximate surface area is 134 Å². The first-order valence-corrected chi connectivity index (χ1v) is 8.11. The maximum Gasteiger partial charge on any atom is 0.0468 e. The van der Waals surface area contributed by atoms with Crippen molar-refractivity contribution in [2.24, 2.45) is 5.73 Å². The Balaban J connectivity index is 2.14. The molecule has 2 N–H and O–H groups in total. The number of hydrogen-bond acceptors (Lipinski definition) is 3. The third kappa shape index (κ3) is 3.42. The summed E-state index contributed by atoms with van der Waals surface area (Å²) < 4.78 is 0. The zero-order chi connectivity index (χ0) is 15.6. The van der Waals surface area contributed by atoms with Gasteiger partial charge in [-0.15, -0.1) is 0 Å². The van der Waals surface area contributed by atoms with Gasteiger partial charge in [0.05, 0.1) is 0 Å². The van der Waals surface area contributed by atoms with Crippen molar-refractivity contribution in [3.8, 4) is 0 Å². The molecule has 1 aliphatic rings. The van der Waals surface area contributed by atoms with Crippen molar-refractivity contribution in [1.82, 2.24) is 9.80 Å². The van der Waals surface area contributed by atoms with Gasteiger partial charge in [0.1, 0.15) is 0 Å². The molecule has 118 valence electrons. The molecule has 0 spiro atoms. The first-order chi connectivity index (χ1) is 9.89. The summed E-state index contributed by atoms with van der Waals surface area (Å²) in [6, 6.07) is 6.52. The summed E-state index contributed by atoms with van der Waals surface area (Å²) in [5, 5.41) is 0.824. The predicted octanol–water partition coefficient (Wildman–Crippen LogP) is 3.06. The number of likely N-dealkylation sites (N-methyl/N-ethyl adjacent to an activating group) is 2. The number of nitrogens with two attached hydrogens (primary N) is 1. The molecule has 3 nitrogen and oxygen atoms in total. The summed E-state index contributed by atoms with van der Waals surface area (Å²) in [5.74, 6) is 0. The molecule has 0 bridgehead atoms. The molecule has 21 heavy (non-hydrogen) atoms. The zero-order valence-corrected chi connectivity index (χ0v) is 14.5. The van der Waals surface area contributed by atoms with Crippen LogP contribution in [0.4, 0.5) is 0 Å². The van der Waals surface area contributed by atoms with Crippen LogP contribution in [0.25, 0.3) is 0 Å². The van der Waals surface area contributed by atoms with Crippen LogP contribution in [0.3, 0.4) is 0 Å². The van der Waals surface area contributed by atoms with Crippen LogP contribution >= 0.6 is 11.6 Å². The fraction of sp³-hybridized carbons (Fsp3) is 0.647. The summed E-state index contributed by atoms with van der Waals surface area (Å²) in [6.07, 6.45) is 3.88. The van der Waals surface area contributed by atoms with Crippen molar-refractivity contribution in [3.05, 3.63) is 34.3 Å². The molecule has 1 aromatic carbocycles. The van der Waals surface area contributed by atoms with E-state index in [1.165, 1.54) is 24.8 Å². The Hall–Kier alpha value is -0.610. The van der Waals surface area contributed by atoms with Gasteiger partial charge in [-0.1, -0.05) is 23.7 Å². The van der Waals surface area contributed by atoms with E-state index in [0.29, 0.717) is 12.1 Å². The van der Waals surface area contributed by atoms with Crippen molar-refractivity contribution in [2.45, 2.75) is 37.8 Å². The molecular formula is C17H28ClN3. The summed E-state index contributed by atoms with van der Waals surface area (Å²) in [4.78, 5) is 4.77. The maximum absolute atomic E-state index is 6.27. The second-order valence-corrected chi connectivity index (χ2v) is 7.05. The Bertz CT molecular complexity index is 483. The Morgan fingerprint density at radius 2 is 1.95 bits per heavy atom. The van der Waals surface area contributed by atoms with E-state index in [4.69, 9.17) is 17.3 Å². The molecule has 2 rings (SSSR count). The number of rotatable bonds is 6. The minimum Gasteiger partial charge on any atom is -0.329 e. The first kappa shape index (κ1) is 16.8. The van der Waals surface area contributed by atoms with Gasteiger partial charge < -0.3 is 10.6 Å². The summed E-state index contributed by atoms with van der Waals surface area (Å²) in [7, 11) is 6.55. The lowest BCUT2D eigenvalue weighted by atomic mass is 9.75. The molecular weight excluding hydrogens is 282 g/mol. The van der Waals surface area contributed by atoms with E-state index in [2.05, 4.69) is 49.1 Å². The monoisotopic (exact) mass is 309 g/mol. The van der Waals surface area contributed by atoms with E-state index in [-0.39, 0.29) is 6.04 Å².